The van der Waals surface area contributed by atoms with Crippen molar-refractivity contribution in [3.8, 4) is 0 Å². The van der Waals surface area contributed by atoms with Crippen molar-refractivity contribution in [1.82, 2.24) is 19.6 Å². The zero-order chi connectivity index (χ0) is 21.1. The lowest BCUT2D eigenvalue weighted by Crippen LogP contribution is -2.29. The standard InChI is InChI=1S/C24H28N4O2/c1-17(2)13-23(29)28-11-8-21(16-28)19-3-5-20(6-4-19)24(30)26-15-18-7-10-27-12-9-25-22(27)14-18/h3-7,9-10,12,14,17,21H,8,11,13,15-16H2,1-2H3,(H,26,30). The molecule has 6 heteroatoms. The van der Waals surface area contributed by atoms with Crippen LogP contribution in [0.15, 0.2) is 55.0 Å². The molecule has 2 aromatic heterocycles. The van der Waals surface area contributed by atoms with Gasteiger partial charge in [-0.2, -0.15) is 0 Å². The van der Waals surface area contributed by atoms with Crippen molar-refractivity contribution in [2.75, 3.05) is 13.1 Å². The number of amides is 2. The molecule has 0 saturated carbocycles. The second-order valence-corrected chi connectivity index (χ2v) is 8.46. The van der Waals surface area contributed by atoms with E-state index in [1.165, 1.54) is 5.56 Å². The Kier molecular flexibility index (Phi) is 5.84. The summed E-state index contributed by atoms with van der Waals surface area (Å²) in [4.78, 5) is 31.1. The predicted octanol–water partition coefficient (Wildman–Crippen LogP) is 3.63. The zero-order valence-corrected chi connectivity index (χ0v) is 17.5. The van der Waals surface area contributed by atoms with E-state index < -0.39 is 0 Å². The maximum atomic E-state index is 12.5. The van der Waals surface area contributed by atoms with Gasteiger partial charge in [0.1, 0.15) is 5.65 Å². The Hall–Kier alpha value is -3.15. The van der Waals surface area contributed by atoms with Crippen molar-refractivity contribution in [2.45, 2.75) is 39.2 Å². The lowest BCUT2D eigenvalue weighted by atomic mass is 9.97. The first-order valence-electron chi connectivity index (χ1n) is 10.6. The number of aromatic nitrogens is 2. The van der Waals surface area contributed by atoms with Gasteiger partial charge in [-0.1, -0.05) is 26.0 Å². The van der Waals surface area contributed by atoms with Crippen LogP contribution in [-0.2, 0) is 11.3 Å². The molecule has 1 atom stereocenters. The molecule has 1 aromatic carbocycles. The number of pyridine rings is 1. The van der Waals surface area contributed by atoms with Crippen LogP contribution in [0.1, 0.15) is 54.1 Å². The summed E-state index contributed by atoms with van der Waals surface area (Å²) in [7, 11) is 0. The third-order valence-electron chi connectivity index (χ3n) is 5.68. The molecule has 0 radical (unpaired) electrons. The predicted molar refractivity (Wildman–Crippen MR) is 116 cm³/mol. The maximum absolute atomic E-state index is 12.5. The maximum Gasteiger partial charge on any atom is 0.251 e. The first-order chi connectivity index (χ1) is 14.5. The normalized spacial score (nSPS) is 16.4. The summed E-state index contributed by atoms with van der Waals surface area (Å²) in [5.41, 5.74) is 3.71. The average molecular weight is 405 g/mol. The Morgan fingerprint density at radius 2 is 1.97 bits per heavy atom. The number of likely N-dealkylation sites (tertiary alicyclic amines) is 1. The first-order valence-corrected chi connectivity index (χ1v) is 10.6. The van der Waals surface area contributed by atoms with Gasteiger partial charge in [0.2, 0.25) is 5.91 Å². The molecule has 1 aliphatic rings. The van der Waals surface area contributed by atoms with E-state index in [-0.39, 0.29) is 11.8 Å². The highest BCUT2D eigenvalue weighted by Gasteiger charge is 2.27. The van der Waals surface area contributed by atoms with Gasteiger partial charge >= 0.3 is 0 Å². The van der Waals surface area contributed by atoms with E-state index in [1.807, 2.05) is 58.1 Å². The molecule has 0 bridgehead atoms. The molecule has 0 spiro atoms. The number of nitrogens with zero attached hydrogens (tertiary/aromatic N) is 3. The average Bonchev–Trinajstić information content (AvgIpc) is 3.41. The summed E-state index contributed by atoms with van der Waals surface area (Å²) < 4.78 is 1.94. The van der Waals surface area contributed by atoms with Gasteiger partial charge in [0, 0.05) is 56.1 Å². The second kappa shape index (κ2) is 8.69. The third kappa shape index (κ3) is 4.53. The Balaban J connectivity index is 1.32. The summed E-state index contributed by atoms with van der Waals surface area (Å²) in [6.45, 7) is 6.20. The van der Waals surface area contributed by atoms with E-state index in [2.05, 4.69) is 24.1 Å². The van der Waals surface area contributed by atoms with E-state index >= 15 is 0 Å². The number of hydrogen-bond donors (Lipinski definition) is 1. The number of carbonyl (C=O) groups excluding carboxylic acids is 2. The molecule has 1 fully saturated rings. The molecule has 1 saturated heterocycles. The highest BCUT2D eigenvalue weighted by atomic mass is 16.2. The van der Waals surface area contributed by atoms with Crippen LogP contribution in [0.4, 0.5) is 0 Å². The molecule has 156 valence electrons. The van der Waals surface area contributed by atoms with Crippen molar-refractivity contribution in [3.63, 3.8) is 0 Å². The molecule has 4 rings (SSSR count). The first kappa shape index (κ1) is 20.1. The molecule has 3 heterocycles. The van der Waals surface area contributed by atoms with Gasteiger partial charge in [-0.3, -0.25) is 9.59 Å². The van der Waals surface area contributed by atoms with E-state index in [0.717, 1.165) is 30.7 Å². The lowest BCUT2D eigenvalue weighted by Gasteiger charge is -2.18. The smallest absolute Gasteiger partial charge is 0.251 e. The highest BCUT2D eigenvalue weighted by molar-refractivity contribution is 5.94. The summed E-state index contributed by atoms with van der Waals surface area (Å²) in [6, 6.07) is 11.7. The van der Waals surface area contributed by atoms with Gasteiger partial charge < -0.3 is 14.6 Å². The number of imidazole rings is 1. The molecule has 3 aromatic rings. The fourth-order valence-electron chi connectivity index (χ4n) is 3.99. The summed E-state index contributed by atoms with van der Waals surface area (Å²) in [5, 5.41) is 2.97. The number of nitrogens with one attached hydrogen (secondary N) is 1. The molecule has 1 N–H and O–H groups in total. The highest BCUT2D eigenvalue weighted by Crippen LogP contribution is 2.28. The molecule has 30 heavy (non-hydrogen) atoms. The summed E-state index contributed by atoms with van der Waals surface area (Å²) in [6.07, 6.45) is 7.17. The van der Waals surface area contributed by atoms with Crippen LogP contribution in [-0.4, -0.2) is 39.2 Å². The van der Waals surface area contributed by atoms with Crippen molar-refractivity contribution >= 4 is 17.5 Å². The monoisotopic (exact) mass is 404 g/mol. The van der Waals surface area contributed by atoms with Crippen LogP contribution in [0.25, 0.3) is 5.65 Å². The van der Waals surface area contributed by atoms with Crippen molar-refractivity contribution < 1.29 is 9.59 Å². The largest absolute Gasteiger partial charge is 0.348 e. The number of carbonyl (C=O) groups is 2. The van der Waals surface area contributed by atoms with Crippen LogP contribution in [0, 0.1) is 5.92 Å². The fraction of sp³-hybridized carbons (Fsp3) is 0.375. The van der Waals surface area contributed by atoms with E-state index in [4.69, 9.17) is 0 Å². The van der Waals surface area contributed by atoms with Gasteiger partial charge in [0.05, 0.1) is 0 Å². The Labute approximate surface area is 176 Å². The molecule has 1 aliphatic heterocycles. The second-order valence-electron chi connectivity index (χ2n) is 8.46. The number of benzene rings is 1. The minimum Gasteiger partial charge on any atom is -0.348 e. The molecule has 0 aliphatic carbocycles. The van der Waals surface area contributed by atoms with Crippen LogP contribution in [0.3, 0.4) is 0 Å². The quantitative estimate of drug-likeness (QED) is 0.682. The minimum absolute atomic E-state index is 0.0927. The van der Waals surface area contributed by atoms with E-state index in [0.29, 0.717) is 30.4 Å². The number of rotatable bonds is 6. The van der Waals surface area contributed by atoms with E-state index in [9.17, 15) is 9.59 Å². The molecule has 1 unspecified atom stereocenters. The van der Waals surface area contributed by atoms with Crippen molar-refractivity contribution in [3.05, 3.63) is 71.7 Å². The Bertz CT molecular complexity index is 1040. The topological polar surface area (TPSA) is 66.7 Å². The number of fused-ring (bicyclic) bond motifs is 1. The van der Waals surface area contributed by atoms with Gasteiger partial charge in [-0.15, -0.1) is 0 Å². The summed E-state index contributed by atoms with van der Waals surface area (Å²) in [5.74, 6) is 0.887. The van der Waals surface area contributed by atoms with Crippen LogP contribution in [0.5, 0.6) is 0 Å². The van der Waals surface area contributed by atoms with Gasteiger partial charge in [0.25, 0.3) is 5.91 Å². The van der Waals surface area contributed by atoms with Crippen LogP contribution >= 0.6 is 0 Å². The lowest BCUT2D eigenvalue weighted by molar-refractivity contribution is -0.130. The number of hydrogen-bond acceptors (Lipinski definition) is 3. The SMILES string of the molecule is CC(C)CC(=O)N1CCC(c2ccc(C(=O)NCc3ccn4ccnc4c3)cc2)C1. The minimum atomic E-state index is -0.0927. The third-order valence-corrected chi connectivity index (χ3v) is 5.68. The fourth-order valence-corrected chi connectivity index (χ4v) is 3.99. The van der Waals surface area contributed by atoms with Gasteiger partial charge in [-0.25, -0.2) is 4.98 Å². The van der Waals surface area contributed by atoms with Gasteiger partial charge in [-0.05, 0) is 47.7 Å². The van der Waals surface area contributed by atoms with Crippen molar-refractivity contribution in [1.29, 1.82) is 0 Å². The summed E-state index contributed by atoms with van der Waals surface area (Å²) >= 11 is 0. The van der Waals surface area contributed by atoms with E-state index in [1.54, 1.807) is 6.20 Å². The molecular formula is C24H28N4O2. The molecule has 6 nitrogen and oxygen atoms in total. The Morgan fingerprint density at radius 1 is 1.17 bits per heavy atom. The molecular weight excluding hydrogens is 376 g/mol. The van der Waals surface area contributed by atoms with Crippen LogP contribution in [0.2, 0.25) is 0 Å². The van der Waals surface area contributed by atoms with Gasteiger partial charge in [0.15, 0.2) is 0 Å². The van der Waals surface area contributed by atoms with Crippen LogP contribution < -0.4 is 5.32 Å². The zero-order valence-electron chi connectivity index (χ0n) is 17.5. The Morgan fingerprint density at radius 3 is 2.73 bits per heavy atom. The molecule has 2 amide bonds. The van der Waals surface area contributed by atoms with Crippen molar-refractivity contribution in [2.24, 2.45) is 5.92 Å².